The number of furan rings is 2. The van der Waals surface area contributed by atoms with Gasteiger partial charge in [-0.3, -0.25) is 0 Å². The van der Waals surface area contributed by atoms with E-state index in [2.05, 4.69) is 27.7 Å². The predicted octanol–water partition coefficient (Wildman–Crippen LogP) is 4.79. The highest BCUT2D eigenvalue weighted by atomic mass is 16.4. The molecule has 0 unspecified atom stereocenters. The van der Waals surface area contributed by atoms with E-state index in [9.17, 15) is 0 Å². The predicted molar refractivity (Wildman–Crippen MR) is 64.6 cm³/mol. The molecule has 0 aromatic carbocycles. The van der Waals surface area contributed by atoms with Gasteiger partial charge >= 0.3 is 0 Å². The second-order valence-electron chi connectivity index (χ2n) is 4.71. The summed E-state index contributed by atoms with van der Waals surface area (Å²) >= 11 is 0. The normalized spacial score (nSPS) is 11.6. The summed E-state index contributed by atoms with van der Waals surface area (Å²) in [6.07, 6.45) is 0. The van der Waals surface area contributed by atoms with Gasteiger partial charge in [-0.1, -0.05) is 27.7 Å². The zero-order valence-corrected chi connectivity index (χ0v) is 10.3. The molecule has 2 rings (SSSR count). The van der Waals surface area contributed by atoms with Gasteiger partial charge in [0.1, 0.15) is 11.5 Å². The molecule has 2 aromatic rings. The molecule has 2 heteroatoms. The number of hydrogen-bond acceptors (Lipinski definition) is 2. The van der Waals surface area contributed by atoms with Gasteiger partial charge < -0.3 is 8.83 Å². The van der Waals surface area contributed by atoms with Crippen LogP contribution in [-0.2, 0) is 0 Å². The minimum atomic E-state index is 0.410. The molecule has 0 saturated carbocycles. The van der Waals surface area contributed by atoms with Gasteiger partial charge in [-0.05, 0) is 24.3 Å². The van der Waals surface area contributed by atoms with Crippen molar-refractivity contribution in [2.75, 3.05) is 0 Å². The minimum Gasteiger partial charge on any atom is -0.458 e. The highest BCUT2D eigenvalue weighted by Crippen LogP contribution is 2.29. The summed E-state index contributed by atoms with van der Waals surface area (Å²) in [5.41, 5.74) is 0. The van der Waals surface area contributed by atoms with Gasteiger partial charge in [0.25, 0.3) is 0 Å². The quantitative estimate of drug-likeness (QED) is 0.740. The van der Waals surface area contributed by atoms with Crippen LogP contribution in [0.25, 0.3) is 11.5 Å². The molecular weight excluding hydrogens is 200 g/mol. The number of rotatable bonds is 3. The van der Waals surface area contributed by atoms with Crippen LogP contribution in [0.3, 0.4) is 0 Å². The Morgan fingerprint density at radius 3 is 1.31 bits per heavy atom. The zero-order valence-electron chi connectivity index (χ0n) is 10.3. The van der Waals surface area contributed by atoms with Gasteiger partial charge in [0, 0.05) is 11.8 Å². The molecule has 0 aliphatic carbocycles. The van der Waals surface area contributed by atoms with E-state index in [4.69, 9.17) is 8.83 Å². The van der Waals surface area contributed by atoms with Crippen molar-refractivity contribution in [2.24, 2.45) is 0 Å². The maximum atomic E-state index is 5.73. The fourth-order valence-corrected chi connectivity index (χ4v) is 1.59. The van der Waals surface area contributed by atoms with Crippen LogP contribution in [-0.4, -0.2) is 0 Å². The van der Waals surface area contributed by atoms with Crippen molar-refractivity contribution in [3.8, 4) is 11.5 Å². The molecule has 0 aliphatic rings. The lowest BCUT2D eigenvalue weighted by atomic mass is 10.2. The number of hydrogen-bond donors (Lipinski definition) is 0. The first-order chi connectivity index (χ1) is 7.58. The molecule has 86 valence electrons. The fourth-order valence-electron chi connectivity index (χ4n) is 1.59. The van der Waals surface area contributed by atoms with Gasteiger partial charge in [-0.25, -0.2) is 0 Å². The SMILES string of the molecule is CC(C)c1ccc(-c2ccc(C(C)C)o2)o1. The van der Waals surface area contributed by atoms with Gasteiger partial charge in [-0.2, -0.15) is 0 Å². The van der Waals surface area contributed by atoms with Gasteiger partial charge in [0.05, 0.1) is 0 Å². The van der Waals surface area contributed by atoms with E-state index in [1.807, 2.05) is 24.3 Å². The summed E-state index contributed by atoms with van der Waals surface area (Å²) in [6, 6.07) is 7.96. The molecule has 0 aliphatic heterocycles. The topological polar surface area (TPSA) is 26.3 Å². The highest BCUT2D eigenvalue weighted by Gasteiger charge is 2.12. The summed E-state index contributed by atoms with van der Waals surface area (Å²) in [7, 11) is 0. The first kappa shape index (κ1) is 11.1. The Morgan fingerprint density at radius 2 is 1.06 bits per heavy atom. The van der Waals surface area contributed by atoms with Crippen LogP contribution in [0.5, 0.6) is 0 Å². The monoisotopic (exact) mass is 218 g/mol. The van der Waals surface area contributed by atoms with Crippen molar-refractivity contribution in [3.63, 3.8) is 0 Å². The molecular formula is C14H18O2. The average Bonchev–Trinajstić information content (AvgIpc) is 2.86. The van der Waals surface area contributed by atoms with Crippen molar-refractivity contribution in [1.82, 2.24) is 0 Å². The lowest BCUT2D eigenvalue weighted by Gasteiger charge is -1.99. The molecule has 0 spiro atoms. The molecule has 0 atom stereocenters. The third-order valence-electron chi connectivity index (χ3n) is 2.63. The first-order valence-corrected chi connectivity index (χ1v) is 5.77. The summed E-state index contributed by atoms with van der Waals surface area (Å²) < 4.78 is 11.5. The van der Waals surface area contributed by atoms with Crippen LogP contribution in [0.2, 0.25) is 0 Å². The zero-order chi connectivity index (χ0) is 11.7. The Labute approximate surface area is 96.3 Å². The fraction of sp³-hybridized carbons (Fsp3) is 0.429. The largest absolute Gasteiger partial charge is 0.458 e. The maximum absolute atomic E-state index is 5.73. The third kappa shape index (κ3) is 2.06. The summed E-state index contributed by atoms with van der Waals surface area (Å²) in [5, 5.41) is 0. The Bertz CT molecular complexity index is 416. The van der Waals surface area contributed by atoms with Crippen molar-refractivity contribution < 1.29 is 8.83 Å². The van der Waals surface area contributed by atoms with Gasteiger partial charge in [0.15, 0.2) is 11.5 Å². The van der Waals surface area contributed by atoms with Crippen LogP contribution in [0.4, 0.5) is 0 Å². The second kappa shape index (κ2) is 4.20. The first-order valence-electron chi connectivity index (χ1n) is 5.77. The molecule has 0 amide bonds. The van der Waals surface area contributed by atoms with E-state index in [1.54, 1.807) is 0 Å². The van der Waals surface area contributed by atoms with Crippen LogP contribution < -0.4 is 0 Å². The Balaban J connectivity index is 2.28. The van der Waals surface area contributed by atoms with Crippen LogP contribution in [0, 0.1) is 0 Å². The standard InChI is InChI=1S/C14H18O2/c1-9(2)11-5-7-13(15-11)14-8-6-12(16-14)10(3)4/h5-10H,1-4H3. The van der Waals surface area contributed by atoms with Crippen molar-refractivity contribution in [3.05, 3.63) is 35.8 Å². The lowest BCUT2D eigenvalue weighted by Crippen LogP contribution is -1.81. The van der Waals surface area contributed by atoms with Crippen LogP contribution in [0.1, 0.15) is 51.1 Å². The second-order valence-corrected chi connectivity index (χ2v) is 4.71. The van der Waals surface area contributed by atoms with Crippen molar-refractivity contribution >= 4 is 0 Å². The summed E-state index contributed by atoms with van der Waals surface area (Å²) in [6.45, 7) is 8.46. The molecule has 0 saturated heterocycles. The molecule has 2 nitrogen and oxygen atoms in total. The molecule has 0 N–H and O–H groups in total. The average molecular weight is 218 g/mol. The lowest BCUT2D eigenvalue weighted by molar-refractivity contribution is 0.455. The Kier molecular flexibility index (Phi) is 2.90. The molecule has 2 heterocycles. The smallest absolute Gasteiger partial charge is 0.169 e. The molecule has 0 bridgehead atoms. The Morgan fingerprint density at radius 1 is 0.688 bits per heavy atom. The van der Waals surface area contributed by atoms with Crippen LogP contribution >= 0.6 is 0 Å². The maximum Gasteiger partial charge on any atom is 0.169 e. The van der Waals surface area contributed by atoms with E-state index in [0.29, 0.717) is 11.8 Å². The molecule has 0 fully saturated rings. The van der Waals surface area contributed by atoms with Gasteiger partial charge in [-0.15, -0.1) is 0 Å². The van der Waals surface area contributed by atoms with Crippen LogP contribution in [0.15, 0.2) is 33.1 Å². The van der Waals surface area contributed by atoms with E-state index in [0.717, 1.165) is 23.0 Å². The summed E-state index contributed by atoms with van der Waals surface area (Å²) in [5.74, 6) is 4.45. The highest BCUT2D eigenvalue weighted by molar-refractivity contribution is 5.50. The van der Waals surface area contributed by atoms with E-state index >= 15 is 0 Å². The van der Waals surface area contributed by atoms with Crippen molar-refractivity contribution in [2.45, 2.75) is 39.5 Å². The summed E-state index contributed by atoms with van der Waals surface area (Å²) in [4.78, 5) is 0. The Hall–Kier alpha value is -1.44. The van der Waals surface area contributed by atoms with E-state index in [1.165, 1.54) is 0 Å². The molecule has 0 radical (unpaired) electrons. The molecule has 2 aromatic heterocycles. The van der Waals surface area contributed by atoms with Crippen molar-refractivity contribution in [1.29, 1.82) is 0 Å². The third-order valence-corrected chi connectivity index (χ3v) is 2.63. The minimum absolute atomic E-state index is 0.410. The van der Waals surface area contributed by atoms with E-state index < -0.39 is 0 Å². The van der Waals surface area contributed by atoms with Gasteiger partial charge in [0.2, 0.25) is 0 Å². The van der Waals surface area contributed by atoms with E-state index in [-0.39, 0.29) is 0 Å². The molecule has 16 heavy (non-hydrogen) atoms.